The predicted octanol–water partition coefficient (Wildman–Crippen LogP) is 4.75. The van der Waals surface area contributed by atoms with Crippen LogP contribution in [0.15, 0.2) is 65.3 Å². The van der Waals surface area contributed by atoms with Crippen LogP contribution in [0.5, 0.6) is 0 Å². The van der Waals surface area contributed by atoms with Crippen LogP contribution in [0.25, 0.3) is 6.08 Å². The molecular formula is C20H18BrN3. The summed E-state index contributed by atoms with van der Waals surface area (Å²) in [6, 6.07) is 18.9. The minimum Gasteiger partial charge on any atom is -0.367 e. The van der Waals surface area contributed by atoms with Gasteiger partial charge in [-0.3, -0.25) is 0 Å². The topological polar surface area (TPSA) is 31.9 Å². The summed E-state index contributed by atoms with van der Waals surface area (Å²) in [6.45, 7) is 1.76. The average molecular weight is 380 g/mol. The minimum atomic E-state index is 0.842. The van der Waals surface area contributed by atoms with Crippen molar-refractivity contribution in [2.75, 3.05) is 0 Å². The van der Waals surface area contributed by atoms with Crippen LogP contribution in [0.1, 0.15) is 28.3 Å². The van der Waals surface area contributed by atoms with Crippen molar-refractivity contribution in [3.63, 3.8) is 0 Å². The lowest BCUT2D eigenvalue weighted by atomic mass is 10.1. The zero-order valence-corrected chi connectivity index (χ0v) is 14.8. The predicted molar refractivity (Wildman–Crippen MR) is 100 cm³/mol. The summed E-state index contributed by atoms with van der Waals surface area (Å²) < 4.78 is 1.11. The molecule has 3 aromatic rings. The van der Waals surface area contributed by atoms with Gasteiger partial charge < -0.3 is 9.88 Å². The first-order chi connectivity index (χ1) is 11.8. The highest BCUT2D eigenvalue weighted by Gasteiger charge is 2.15. The van der Waals surface area contributed by atoms with Crippen molar-refractivity contribution in [3.05, 3.63) is 93.6 Å². The van der Waals surface area contributed by atoms with E-state index in [9.17, 15) is 0 Å². The van der Waals surface area contributed by atoms with E-state index in [1.165, 1.54) is 16.8 Å². The van der Waals surface area contributed by atoms with Gasteiger partial charge in [0.25, 0.3) is 0 Å². The molecule has 0 aliphatic carbocycles. The van der Waals surface area contributed by atoms with Gasteiger partial charge in [-0.25, -0.2) is 4.98 Å². The van der Waals surface area contributed by atoms with Crippen LogP contribution in [-0.2, 0) is 19.5 Å². The van der Waals surface area contributed by atoms with E-state index in [1.54, 1.807) is 0 Å². The van der Waals surface area contributed by atoms with Gasteiger partial charge in [-0.1, -0.05) is 58.4 Å². The molecule has 4 rings (SSSR count). The highest BCUT2D eigenvalue weighted by Crippen LogP contribution is 2.21. The summed E-state index contributed by atoms with van der Waals surface area (Å²) in [7, 11) is 0. The zero-order valence-electron chi connectivity index (χ0n) is 13.2. The smallest absolute Gasteiger partial charge is 0.111 e. The molecule has 4 heteroatoms. The first-order valence-corrected chi connectivity index (χ1v) is 8.84. The monoisotopic (exact) mass is 379 g/mol. The first-order valence-electron chi connectivity index (χ1n) is 8.05. The number of aromatic amines is 1. The molecule has 3 nitrogen and oxygen atoms in total. The van der Waals surface area contributed by atoms with E-state index in [0.717, 1.165) is 35.5 Å². The lowest BCUT2D eigenvalue weighted by Gasteiger charge is -2.23. The van der Waals surface area contributed by atoms with Crippen molar-refractivity contribution in [2.24, 2.45) is 0 Å². The summed E-state index contributed by atoms with van der Waals surface area (Å²) in [5, 5.41) is 0. The number of nitrogens with one attached hydrogen (secondary N) is 1. The van der Waals surface area contributed by atoms with E-state index < -0.39 is 0 Å². The zero-order chi connectivity index (χ0) is 16.4. The van der Waals surface area contributed by atoms with Crippen LogP contribution in [-0.4, -0.2) is 14.9 Å². The normalized spacial score (nSPS) is 13.1. The molecule has 120 valence electrons. The molecule has 0 unspecified atom stereocenters. The summed E-state index contributed by atoms with van der Waals surface area (Å²) in [5.74, 6) is 1.03. The Morgan fingerprint density at radius 2 is 1.79 bits per heavy atom. The van der Waals surface area contributed by atoms with Gasteiger partial charge in [0, 0.05) is 23.6 Å². The Morgan fingerprint density at radius 1 is 1.00 bits per heavy atom. The second kappa shape index (κ2) is 6.65. The largest absolute Gasteiger partial charge is 0.367 e. The number of H-pyrrole nitrogens is 1. The number of halogens is 1. The Bertz CT molecular complexity index is 850. The molecule has 0 amide bonds. The van der Waals surface area contributed by atoms with Gasteiger partial charge in [-0.05, 0) is 29.3 Å². The van der Waals surface area contributed by atoms with Crippen molar-refractivity contribution < 1.29 is 0 Å². The first kappa shape index (κ1) is 15.2. The number of nitrogens with zero attached hydrogens (tertiary/aromatic N) is 2. The summed E-state index contributed by atoms with van der Waals surface area (Å²) in [6.07, 6.45) is 5.08. The van der Waals surface area contributed by atoms with Crippen LogP contribution < -0.4 is 0 Å². The van der Waals surface area contributed by atoms with E-state index in [2.05, 4.69) is 86.6 Å². The molecular weight excluding hydrogens is 362 g/mol. The van der Waals surface area contributed by atoms with Crippen molar-refractivity contribution in [3.8, 4) is 0 Å². The Kier molecular flexibility index (Phi) is 4.22. The number of benzene rings is 2. The van der Waals surface area contributed by atoms with Gasteiger partial charge in [-0.15, -0.1) is 0 Å². The minimum absolute atomic E-state index is 0.842. The molecule has 0 saturated carbocycles. The molecule has 2 heterocycles. The molecule has 1 N–H and O–H groups in total. The highest BCUT2D eigenvalue weighted by molar-refractivity contribution is 9.10. The van der Waals surface area contributed by atoms with Gasteiger partial charge in [0.15, 0.2) is 0 Å². The third-order valence-corrected chi connectivity index (χ3v) is 4.71. The maximum Gasteiger partial charge on any atom is 0.111 e. The molecule has 0 radical (unpaired) electrons. The molecule has 2 aromatic carbocycles. The molecule has 0 spiro atoms. The molecule has 0 atom stereocenters. The fourth-order valence-corrected chi connectivity index (χ4v) is 3.24. The van der Waals surface area contributed by atoms with Gasteiger partial charge in [0.2, 0.25) is 0 Å². The van der Waals surface area contributed by atoms with Gasteiger partial charge in [0.1, 0.15) is 5.82 Å². The highest BCUT2D eigenvalue weighted by atomic mass is 79.9. The van der Waals surface area contributed by atoms with E-state index in [4.69, 9.17) is 4.98 Å². The number of rotatable bonds is 4. The Hall–Kier alpha value is -2.33. The van der Waals surface area contributed by atoms with E-state index in [1.807, 2.05) is 6.07 Å². The number of hydrogen-bond acceptors (Lipinski definition) is 2. The van der Waals surface area contributed by atoms with Crippen molar-refractivity contribution in [1.82, 2.24) is 14.9 Å². The van der Waals surface area contributed by atoms with Crippen molar-refractivity contribution in [1.29, 1.82) is 0 Å². The lowest BCUT2D eigenvalue weighted by Crippen LogP contribution is -2.19. The van der Waals surface area contributed by atoms with Crippen molar-refractivity contribution >= 4 is 22.0 Å². The van der Waals surface area contributed by atoms with Crippen LogP contribution >= 0.6 is 15.9 Å². The van der Waals surface area contributed by atoms with Crippen LogP contribution in [0.3, 0.4) is 0 Å². The number of imidazole rings is 1. The van der Waals surface area contributed by atoms with E-state index in [-0.39, 0.29) is 0 Å². The second-order valence-electron chi connectivity index (χ2n) is 6.06. The quantitative estimate of drug-likeness (QED) is 0.709. The molecule has 24 heavy (non-hydrogen) atoms. The number of hydrogen-bond donors (Lipinski definition) is 1. The van der Waals surface area contributed by atoms with Gasteiger partial charge >= 0.3 is 0 Å². The van der Waals surface area contributed by atoms with E-state index in [0.29, 0.717) is 0 Å². The molecule has 1 aliphatic rings. The van der Waals surface area contributed by atoms with Gasteiger partial charge in [0.05, 0.1) is 17.9 Å². The fraction of sp³-hybridized carbons (Fsp3) is 0.150. The number of aromatic nitrogens is 2. The number of fused-ring (bicyclic) bond motifs is 1. The van der Waals surface area contributed by atoms with Crippen LogP contribution in [0.2, 0.25) is 0 Å². The van der Waals surface area contributed by atoms with Gasteiger partial charge in [-0.2, -0.15) is 0 Å². The van der Waals surface area contributed by atoms with E-state index >= 15 is 0 Å². The maximum atomic E-state index is 4.72. The lowest BCUT2D eigenvalue weighted by molar-refractivity contribution is 0.355. The summed E-state index contributed by atoms with van der Waals surface area (Å²) >= 11 is 3.48. The second-order valence-corrected chi connectivity index (χ2v) is 6.97. The molecule has 0 fully saturated rings. The fourth-order valence-electron chi connectivity index (χ4n) is 2.98. The third-order valence-electron chi connectivity index (χ3n) is 4.18. The van der Waals surface area contributed by atoms with Crippen LogP contribution in [0, 0.1) is 0 Å². The SMILES string of the molecule is Brc1ccc(CN2C=Cc3nc(Cc4ccccc4)[nH]c3C2)cc1. The summed E-state index contributed by atoms with van der Waals surface area (Å²) in [5.41, 5.74) is 4.84. The molecule has 1 aliphatic heterocycles. The average Bonchev–Trinajstić information content (AvgIpc) is 2.99. The molecule has 1 aromatic heterocycles. The third kappa shape index (κ3) is 3.44. The Labute approximate surface area is 150 Å². The summed E-state index contributed by atoms with van der Waals surface area (Å²) in [4.78, 5) is 10.5. The van der Waals surface area contributed by atoms with Crippen LogP contribution in [0.4, 0.5) is 0 Å². The molecule has 0 bridgehead atoms. The standard InChI is InChI=1S/C20H18BrN3/c21-17-8-6-16(7-9-17)13-24-11-10-18-19(14-24)23-20(22-18)12-15-4-2-1-3-5-15/h1-11H,12-14H2,(H,22,23). The Morgan fingerprint density at radius 3 is 2.58 bits per heavy atom. The Balaban J connectivity index is 1.46. The van der Waals surface area contributed by atoms with Crippen molar-refractivity contribution in [2.45, 2.75) is 19.5 Å². The maximum absolute atomic E-state index is 4.72. The molecule has 0 saturated heterocycles.